The van der Waals surface area contributed by atoms with E-state index in [1.54, 1.807) is 6.20 Å². The van der Waals surface area contributed by atoms with Crippen LogP contribution in [-0.2, 0) is 4.79 Å². The number of nitrogens with zero attached hydrogens (tertiary/aromatic N) is 4. The lowest BCUT2D eigenvalue weighted by molar-refractivity contribution is -0.137. The molecule has 3 fully saturated rings. The molecule has 5 rings (SSSR count). The van der Waals surface area contributed by atoms with Gasteiger partial charge >= 0.3 is 6.09 Å². The van der Waals surface area contributed by atoms with Crippen molar-refractivity contribution in [2.24, 2.45) is 5.41 Å². The molecule has 3 heterocycles. The van der Waals surface area contributed by atoms with Gasteiger partial charge in [0.25, 0.3) is 0 Å². The summed E-state index contributed by atoms with van der Waals surface area (Å²) in [5.74, 6) is 0.468. The van der Waals surface area contributed by atoms with E-state index >= 15 is 0 Å². The van der Waals surface area contributed by atoms with Crippen molar-refractivity contribution in [1.29, 1.82) is 0 Å². The Labute approximate surface area is 218 Å². The number of piperazine rings is 1. The predicted molar refractivity (Wildman–Crippen MR) is 139 cm³/mol. The van der Waals surface area contributed by atoms with Crippen molar-refractivity contribution in [2.75, 3.05) is 26.2 Å². The zero-order chi connectivity index (χ0) is 26.2. The summed E-state index contributed by atoms with van der Waals surface area (Å²) < 4.78 is 6.17. The number of hydrogen-bond donors (Lipinski definition) is 2. The standard InChI is InChI=1S/C28H37N5O4/c1-28(2,3)25(31-27(35)36)24(19-7-5-4-6-8-19)26(34)33-12-11-32-17-21(13-20(32)16-33)37-23-15-29-22(14-30-23)18-9-10-18/h4-8,14-15,18,20-21,24-25,31H,9-13,16-17H2,1-3H3,(H,35,36)/t20-,21+,24+,25?/m0/s1. The van der Waals surface area contributed by atoms with Gasteiger partial charge in [-0.05, 0) is 23.8 Å². The SMILES string of the molecule is CC(C)(C)C(NC(=O)O)[C@H](C(=O)N1CCN2C[C@H](Oc3cnc(C4CC4)cn3)C[C@H]2C1)c1ccccc1. The van der Waals surface area contributed by atoms with Gasteiger partial charge in [-0.1, -0.05) is 51.1 Å². The highest BCUT2D eigenvalue weighted by Gasteiger charge is 2.44. The average molecular weight is 508 g/mol. The summed E-state index contributed by atoms with van der Waals surface area (Å²) >= 11 is 0. The minimum absolute atomic E-state index is 0.00190. The highest BCUT2D eigenvalue weighted by atomic mass is 16.5. The number of ether oxygens (including phenoxy) is 1. The first kappa shape index (κ1) is 25.4. The van der Waals surface area contributed by atoms with Gasteiger partial charge in [-0.2, -0.15) is 0 Å². The third-order valence-corrected chi connectivity index (χ3v) is 7.79. The lowest BCUT2D eigenvalue weighted by Gasteiger charge is -2.42. The molecule has 1 unspecified atom stereocenters. The largest absolute Gasteiger partial charge is 0.472 e. The van der Waals surface area contributed by atoms with Gasteiger partial charge in [-0.3, -0.25) is 14.7 Å². The number of hydrogen-bond acceptors (Lipinski definition) is 6. The summed E-state index contributed by atoms with van der Waals surface area (Å²) in [5.41, 5.74) is 1.41. The van der Waals surface area contributed by atoms with Gasteiger partial charge in [0.05, 0.1) is 30.0 Å². The maximum Gasteiger partial charge on any atom is 0.404 e. The van der Waals surface area contributed by atoms with E-state index in [0.29, 0.717) is 24.9 Å². The molecule has 2 saturated heterocycles. The molecule has 2 amide bonds. The Morgan fingerprint density at radius 1 is 1.08 bits per heavy atom. The van der Waals surface area contributed by atoms with Crippen LogP contribution in [-0.4, -0.2) is 81.2 Å². The average Bonchev–Trinajstić information content (AvgIpc) is 3.63. The molecule has 9 heteroatoms. The number of rotatable bonds is 7. The van der Waals surface area contributed by atoms with Gasteiger partial charge in [0.15, 0.2) is 0 Å². The number of amides is 2. The van der Waals surface area contributed by atoms with Crippen LogP contribution < -0.4 is 10.1 Å². The number of carbonyl (C=O) groups excluding carboxylic acids is 1. The van der Waals surface area contributed by atoms with Crippen LogP contribution in [0, 0.1) is 5.41 Å². The fourth-order valence-electron chi connectivity index (χ4n) is 5.70. The van der Waals surface area contributed by atoms with Gasteiger partial charge in [0.1, 0.15) is 6.10 Å². The van der Waals surface area contributed by atoms with E-state index in [9.17, 15) is 14.7 Å². The van der Waals surface area contributed by atoms with Crippen LogP contribution >= 0.6 is 0 Å². The topological polar surface area (TPSA) is 108 Å². The molecular formula is C28H37N5O4. The quantitative estimate of drug-likeness (QED) is 0.591. The first-order chi connectivity index (χ1) is 17.7. The Morgan fingerprint density at radius 3 is 2.46 bits per heavy atom. The van der Waals surface area contributed by atoms with E-state index < -0.39 is 23.5 Å². The zero-order valence-electron chi connectivity index (χ0n) is 21.8. The summed E-state index contributed by atoms with van der Waals surface area (Å²) in [5, 5.41) is 12.2. The minimum atomic E-state index is -1.12. The van der Waals surface area contributed by atoms with Crippen molar-refractivity contribution in [3.63, 3.8) is 0 Å². The van der Waals surface area contributed by atoms with E-state index in [-0.39, 0.29) is 18.1 Å². The molecule has 1 aromatic carbocycles. The summed E-state index contributed by atoms with van der Waals surface area (Å²) in [6.07, 6.45) is 5.63. The number of fused-ring (bicyclic) bond motifs is 1. The van der Waals surface area contributed by atoms with E-state index in [2.05, 4.69) is 20.2 Å². The second kappa shape index (κ2) is 10.3. The van der Waals surface area contributed by atoms with E-state index in [0.717, 1.165) is 30.8 Å². The lowest BCUT2D eigenvalue weighted by atomic mass is 9.75. The molecule has 0 bridgehead atoms. The van der Waals surface area contributed by atoms with Crippen LogP contribution in [0.5, 0.6) is 5.88 Å². The fraction of sp³-hybridized carbons (Fsp3) is 0.571. The molecule has 2 aliphatic heterocycles. The molecule has 1 aliphatic carbocycles. The van der Waals surface area contributed by atoms with Crippen molar-refractivity contribution in [1.82, 2.24) is 25.1 Å². The Morgan fingerprint density at radius 2 is 1.84 bits per heavy atom. The summed E-state index contributed by atoms with van der Waals surface area (Å²) in [7, 11) is 0. The van der Waals surface area contributed by atoms with Crippen molar-refractivity contribution in [3.8, 4) is 5.88 Å². The third-order valence-electron chi connectivity index (χ3n) is 7.79. The normalized spacial score (nSPS) is 23.7. The highest BCUT2D eigenvalue weighted by molar-refractivity contribution is 5.85. The number of benzene rings is 1. The maximum atomic E-state index is 14.0. The van der Waals surface area contributed by atoms with E-state index in [1.807, 2.05) is 62.2 Å². The molecule has 37 heavy (non-hydrogen) atoms. The van der Waals surface area contributed by atoms with Crippen molar-refractivity contribution >= 4 is 12.0 Å². The van der Waals surface area contributed by atoms with E-state index in [1.165, 1.54) is 12.8 Å². The molecule has 4 atom stereocenters. The minimum Gasteiger partial charge on any atom is -0.472 e. The van der Waals surface area contributed by atoms with Gasteiger partial charge in [-0.15, -0.1) is 0 Å². The van der Waals surface area contributed by atoms with E-state index in [4.69, 9.17) is 4.74 Å². The van der Waals surface area contributed by atoms with Gasteiger partial charge in [0.2, 0.25) is 11.8 Å². The smallest absolute Gasteiger partial charge is 0.404 e. The molecule has 0 spiro atoms. The number of aromatic nitrogens is 2. The monoisotopic (exact) mass is 507 g/mol. The highest BCUT2D eigenvalue weighted by Crippen LogP contribution is 2.39. The second-order valence-corrected chi connectivity index (χ2v) is 11.6. The number of nitrogens with one attached hydrogen (secondary N) is 1. The molecule has 3 aliphatic rings. The van der Waals surface area contributed by atoms with Gasteiger partial charge < -0.3 is 20.1 Å². The lowest BCUT2D eigenvalue weighted by Crippen LogP contribution is -2.57. The molecule has 2 aromatic rings. The third kappa shape index (κ3) is 5.87. The second-order valence-electron chi connectivity index (χ2n) is 11.6. The molecule has 1 aromatic heterocycles. The van der Waals surface area contributed by atoms with Crippen LogP contribution in [0.1, 0.15) is 63.1 Å². The molecule has 2 N–H and O–H groups in total. The molecular weight excluding hydrogens is 470 g/mol. The summed E-state index contributed by atoms with van der Waals surface area (Å²) in [6.45, 7) is 8.65. The first-order valence-corrected chi connectivity index (χ1v) is 13.2. The molecule has 9 nitrogen and oxygen atoms in total. The van der Waals surface area contributed by atoms with Crippen molar-refractivity contribution in [2.45, 2.75) is 70.1 Å². The van der Waals surface area contributed by atoms with Crippen LogP contribution in [0.3, 0.4) is 0 Å². The Bertz CT molecular complexity index is 1100. The van der Waals surface area contributed by atoms with Crippen LogP contribution in [0.4, 0.5) is 4.79 Å². The molecule has 0 radical (unpaired) electrons. The number of carbonyl (C=O) groups is 2. The van der Waals surface area contributed by atoms with Crippen molar-refractivity contribution in [3.05, 3.63) is 54.0 Å². The van der Waals surface area contributed by atoms with Crippen molar-refractivity contribution < 1.29 is 19.4 Å². The Kier molecular flexibility index (Phi) is 7.07. The number of carboxylic acid groups (broad SMARTS) is 1. The molecule has 1 saturated carbocycles. The fourth-order valence-corrected chi connectivity index (χ4v) is 5.70. The predicted octanol–water partition coefficient (Wildman–Crippen LogP) is 3.48. The van der Waals surface area contributed by atoms with Crippen LogP contribution in [0.2, 0.25) is 0 Å². The Hall–Kier alpha value is -3.20. The van der Waals surface area contributed by atoms with Gasteiger partial charge in [0, 0.05) is 44.6 Å². The zero-order valence-corrected chi connectivity index (χ0v) is 21.8. The maximum absolute atomic E-state index is 14.0. The summed E-state index contributed by atoms with van der Waals surface area (Å²) in [4.78, 5) is 39.0. The summed E-state index contributed by atoms with van der Waals surface area (Å²) in [6, 6.07) is 9.14. The molecule has 198 valence electrons. The Balaban J connectivity index is 1.28. The van der Waals surface area contributed by atoms with Gasteiger partial charge in [-0.25, -0.2) is 9.78 Å². The first-order valence-electron chi connectivity index (χ1n) is 13.2. The van der Waals surface area contributed by atoms with Crippen LogP contribution in [0.25, 0.3) is 0 Å². The van der Waals surface area contributed by atoms with Crippen LogP contribution in [0.15, 0.2) is 42.7 Å².